The first kappa shape index (κ1) is 15.7. The van der Waals surface area contributed by atoms with Gasteiger partial charge >= 0.3 is 0 Å². The Kier molecular flexibility index (Phi) is 4.81. The Labute approximate surface area is 129 Å². The van der Waals surface area contributed by atoms with E-state index in [0.29, 0.717) is 6.54 Å². The minimum atomic E-state index is -2.03. The van der Waals surface area contributed by atoms with Gasteiger partial charge in [-0.05, 0) is 15.4 Å². The second-order valence-corrected chi connectivity index (χ2v) is 11.0. The zero-order chi connectivity index (χ0) is 15.3. The van der Waals surface area contributed by atoms with Gasteiger partial charge in [0.05, 0.1) is 0 Å². The van der Waals surface area contributed by atoms with Crippen LogP contribution in [0.4, 0.5) is 0 Å². The van der Waals surface area contributed by atoms with Crippen LogP contribution in [0.25, 0.3) is 0 Å². The zero-order valence-electron chi connectivity index (χ0n) is 13.2. The lowest BCUT2D eigenvalue weighted by Crippen LogP contribution is -2.63. The molecule has 110 valence electrons. The number of nitrogens with two attached hydrogens (primary N) is 1. The van der Waals surface area contributed by atoms with Crippen LogP contribution in [-0.2, 0) is 0 Å². The first-order chi connectivity index (χ1) is 10.0. The summed E-state index contributed by atoms with van der Waals surface area (Å²) in [5.74, 6) is 0. The van der Waals surface area contributed by atoms with Crippen LogP contribution in [0.5, 0.6) is 0 Å². The molecule has 0 aromatic heterocycles. The van der Waals surface area contributed by atoms with Crippen LogP contribution >= 0.6 is 0 Å². The van der Waals surface area contributed by atoms with Crippen LogP contribution in [0, 0.1) is 0 Å². The minimum Gasteiger partial charge on any atom is -0.327 e. The molecule has 0 amide bonds. The maximum atomic E-state index is 5.77. The van der Waals surface area contributed by atoms with Crippen molar-refractivity contribution in [3.63, 3.8) is 0 Å². The number of benzene rings is 2. The summed E-state index contributed by atoms with van der Waals surface area (Å²) in [6.07, 6.45) is 2.14. The van der Waals surface area contributed by atoms with E-state index in [1.807, 2.05) is 0 Å². The molecule has 2 heteroatoms. The zero-order valence-corrected chi connectivity index (χ0v) is 14.2. The van der Waals surface area contributed by atoms with Crippen molar-refractivity contribution < 1.29 is 0 Å². The fourth-order valence-corrected chi connectivity index (χ4v) is 8.00. The molecule has 21 heavy (non-hydrogen) atoms. The molecular weight excluding hydrogens is 270 g/mol. The van der Waals surface area contributed by atoms with Crippen molar-refractivity contribution >= 4 is 18.4 Å². The first-order valence-corrected chi connectivity index (χ1v) is 9.59. The van der Waals surface area contributed by atoms with Gasteiger partial charge in [-0.1, -0.05) is 93.2 Å². The van der Waals surface area contributed by atoms with Gasteiger partial charge in [0.25, 0.3) is 0 Å². The van der Waals surface area contributed by atoms with Crippen molar-refractivity contribution in [2.75, 3.05) is 6.54 Å². The highest BCUT2D eigenvalue weighted by Gasteiger charge is 2.45. The summed E-state index contributed by atoms with van der Waals surface area (Å²) >= 11 is 0. The van der Waals surface area contributed by atoms with Crippen LogP contribution < -0.4 is 16.1 Å². The lowest BCUT2D eigenvalue weighted by molar-refractivity contribution is 0.738. The molecule has 0 saturated heterocycles. The van der Waals surface area contributed by atoms with E-state index < -0.39 is 8.07 Å². The van der Waals surface area contributed by atoms with Gasteiger partial charge in [0, 0.05) is 6.54 Å². The maximum Gasteiger partial charge on any atom is 0.146 e. The molecule has 0 heterocycles. The second kappa shape index (κ2) is 6.42. The Morgan fingerprint density at radius 1 is 0.857 bits per heavy atom. The topological polar surface area (TPSA) is 26.0 Å². The highest BCUT2D eigenvalue weighted by atomic mass is 28.3. The predicted octanol–water partition coefficient (Wildman–Crippen LogP) is 3.10. The third-order valence-corrected chi connectivity index (χ3v) is 9.73. The van der Waals surface area contributed by atoms with Crippen LogP contribution in [0.3, 0.4) is 0 Å². The van der Waals surface area contributed by atoms with Gasteiger partial charge in [0.15, 0.2) is 0 Å². The van der Waals surface area contributed by atoms with Gasteiger partial charge in [-0.2, -0.15) is 0 Å². The molecule has 0 radical (unpaired) electrons. The van der Waals surface area contributed by atoms with Crippen molar-refractivity contribution in [2.24, 2.45) is 5.73 Å². The monoisotopic (exact) mass is 295 g/mol. The fraction of sp³-hybridized carbons (Fsp3) is 0.263. The van der Waals surface area contributed by atoms with Crippen molar-refractivity contribution in [3.05, 3.63) is 72.4 Å². The normalized spacial score (nSPS) is 12.8. The average Bonchev–Trinajstić information content (AvgIpc) is 2.49. The number of rotatable bonds is 4. The summed E-state index contributed by atoms with van der Waals surface area (Å²) in [7, 11) is -2.03. The molecule has 2 aromatic carbocycles. The van der Waals surface area contributed by atoms with Gasteiger partial charge in [0.1, 0.15) is 8.07 Å². The molecule has 0 spiro atoms. The van der Waals surface area contributed by atoms with E-state index in [1.54, 1.807) is 0 Å². The molecule has 2 aromatic rings. The van der Waals surface area contributed by atoms with Gasteiger partial charge in [-0.25, -0.2) is 0 Å². The maximum absolute atomic E-state index is 5.77. The SMILES string of the molecule is CC(C)(C)[Si](C=CCN)(c1ccccc1)c1ccccc1. The van der Waals surface area contributed by atoms with E-state index in [1.165, 1.54) is 10.4 Å². The Morgan fingerprint density at radius 3 is 1.62 bits per heavy atom. The Balaban J connectivity index is 2.75. The second-order valence-electron chi connectivity index (χ2n) is 6.43. The Bertz CT molecular complexity index is 542. The van der Waals surface area contributed by atoms with E-state index in [4.69, 9.17) is 5.73 Å². The molecule has 0 saturated carbocycles. The molecule has 0 aliphatic heterocycles. The molecule has 0 atom stereocenters. The highest BCUT2D eigenvalue weighted by molar-refractivity contribution is 7.07. The van der Waals surface area contributed by atoms with Crippen LogP contribution in [0.2, 0.25) is 5.04 Å². The molecular formula is C19H25NSi. The van der Waals surface area contributed by atoms with Crippen molar-refractivity contribution in [1.82, 2.24) is 0 Å². The molecule has 2 rings (SSSR count). The molecule has 0 unspecified atom stereocenters. The molecule has 0 aliphatic rings. The number of hydrogen-bond acceptors (Lipinski definition) is 1. The molecule has 0 fully saturated rings. The Morgan fingerprint density at radius 2 is 1.29 bits per heavy atom. The molecule has 1 nitrogen and oxygen atoms in total. The summed E-state index contributed by atoms with van der Waals surface area (Å²) in [5, 5.41) is 3.04. The number of hydrogen-bond donors (Lipinski definition) is 1. The van der Waals surface area contributed by atoms with Gasteiger partial charge in [0.2, 0.25) is 0 Å². The minimum absolute atomic E-state index is 0.168. The van der Waals surface area contributed by atoms with Gasteiger partial charge < -0.3 is 5.73 Å². The van der Waals surface area contributed by atoms with Crippen molar-refractivity contribution in [2.45, 2.75) is 25.8 Å². The van der Waals surface area contributed by atoms with Gasteiger partial charge in [-0.15, -0.1) is 0 Å². The van der Waals surface area contributed by atoms with E-state index in [9.17, 15) is 0 Å². The first-order valence-electron chi connectivity index (χ1n) is 7.51. The Hall–Kier alpha value is -1.64. The molecule has 0 bridgehead atoms. The standard InChI is InChI=1S/C19H25NSi/c1-19(2,3)21(16-10-15-20,17-11-6-4-7-12-17)18-13-8-5-9-14-18/h4-14,16H,15,20H2,1-3H3. The van der Waals surface area contributed by atoms with Crippen LogP contribution in [-0.4, -0.2) is 14.6 Å². The van der Waals surface area contributed by atoms with Crippen LogP contribution in [0.15, 0.2) is 72.4 Å². The predicted molar refractivity (Wildman–Crippen MR) is 95.8 cm³/mol. The van der Waals surface area contributed by atoms with Crippen molar-refractivity contribution in [1.29, 1.82) is 0 Å². The van der Waals surface area contributed by atoms with E-state index in [2.05, 4.69) is 93.2 Å². The fourth-order valence-electron chi connectivity index (χ4n) is 3.12. The third-order valence-electron chi connectivity index (χ3n) is 4.15. The smallest absolute Gasteiger partial charge is 0.146 e. The lowest BCUT2D eigenvalue weighted by Gasteiger charge is -2.42. The van der Waals surface area contributed by atoms with E-state index >= 15 is 0 Å². The van der Waals surface area contributed by atoms with E-state index in [-0.39, 0.29) is 5.04 Å². The average molecular weight is 296 g/mol. The van der Waals surface area contributed by atoms with Gasteiger partial charge in [-0.3, -0.25) is 0 Å². The summed E-state index contributed by atoms with van der Waals surface area (Å²) in [6, 6.07) is 21.8. The van der Waals surface area contributed by atoms with E-state index in [0.717, 1.165) is 0 Å². The lowest BCUT2D eigenvalue weighted by atomic mass is 10.2. The van der Waals surface area contributed by atoms with Crippen molar-refractivity contribution in [3.8, 4) is 0 Å². The third kappa shape index (κ3) is 3.02. The summed E-state index contributed by atoms with van der Waals surface area (Å²) in [5.41, 5.74) is 8.18. The quantitative estimate of drug-likeness (QED) is 0.862. The summed E-state index contributed by atoms with van der Waals surface area (Å²) in [6.45, 7) is 7.63. The summed E-state index contributed by atoms with van der Waals surface area (Å²) < 4.78 is 0. The molecule has 2 N–H and O–H groups in total. The summed E-state index contributed by atoms with van der Waals surface area (Å²) in [4.78, 5) is 0. The largest absolute Gasteiger partial charge is 0.327 e. The van der Waals surface area contributed by atoms with Crippen LogP contribution in [0.1, 0.15) is 20.8 Å². The molecule has 0 aliphatic carbocycles. The highest BCUT2D eigenvalue weighted by Crippen LogP contribution is 2.36.